The number of aromatic nitrogens is 3. The van der Waals surface area contributed by atoms with Gasteiger partial charge in [-0.05, 0) is 26.7 Å². The molecule has 24 heavy (non-hydrogen) atoms. The van der Waals surface area contributed by atoms with E-state index in [-0.39, 0.29) is 23.6 Å². The Morgan fingerprint density at radius 2 is 2.29 bits per heavy atom. The molecule has 2 aromatic heterocycles. The van der Waals surface area contributed by atoms with Crippen LogP contribution in [-0.4, -0.2) is 40.1 Å². The first-order valence-corrected chi connectivity index (χ1v) is 7.83. The van der Waals surface area contributed by atoms with Gasteiger partial charge in [-0.2, -0.15) is 4.98 Å². The number of hydrogen-bond acceptors (Lipinski definition) is 6. The molecule has 1 aliphatic rings. The number of oxazole rings is 1. The minimum Gasteiger partial charge on any atom is -0.428 e. The molecule has 9 nitrogen and oxygen atoms in total. The van der Waals surface area contributed by atoms with E-state index in [2.05, 4.69) is 25.6 Å². The molecule has 9 heteroatoms. The molecule has 0 radical (unpaired) electrons. The monoisotopic (exact) mass is 332 g/mol. The lowest BCUT2D eigenvalue weighted by Gasteiger charge is -2.33. The number of anilines is 2. The molecule has 1 saturated heterocycles. The number of rotatable bonds is 3. The van der Waals surface area contributed by atoms with Gasteiger partial charge in [0.25, 0.3) is 5.56 Å². The maximum atomic E-state index is 12.1. The van der Waals surface area contributed by atoms with Crippen molar-refractivity contribution in [3.05, 3.63) is 34.2 Å². The number of aryl methyl sites for hydroxylation is 2. The Hall–Kier alpha value is -2.84. The van der Waals surface area contributed by atoms with Crippen molar-refractivity contribution >= 4 is 17.9 Å². The summed E-state index contributed by atoms with van der Waals surface area (Å²) in [5.41, 5.74) is 0.511. The zero-order valence-electron chi connectivity index (χ0n) is 13.6. The average Bonchev–Trinajstić information content (AvgIpc) is 2.85. The van der Waals surface area contributed by atoms with Crippen molar-refractivity contribution in [2.75, 3.05) is 23.3 Å². The van der Waals surface area contributed by atoms with Gasteiger partial charge in [-0.25, -0.2) is 9.78 Å². The first-order chi connectivity index (χ1) is 11.5. The maximum absolute atomic E-state index is 12.1. The van der Waals surface area contributed by atoms with Crippen molar-refractivity contribution in [2.24, 2.45) is 0 Å². The summed E-state index contributed by atoms with van der Waals surface area (Å²) < 4.78 is 5.33. The smallest absolute Gasteiger partial charge is 0.323 e. The summed E-state index contributed by atoms with van der Waals surface area (Å²) in [6.07, 6.45) is 4.74. The van der Waals surface area contributed by atoms with Crippen LogP contribution < -0.4 is 21.1 Å². The van der Waals surface area contributed by atoms with Crippen LogP contribution in [0.25, 0.3) is 0 Å². The fourth-order valence-electron chi connectivity index (χ4n) is 2.70. The molecular formula is C15H20N6O3. The van der Waals surface area contributed by atoms with Gasteiger partial charge in [-0.3, -0.25) is 10.1 Å². The maximum Gasteiger partial charge on any atom is 0.323 e. The molecule has 3 N–H and O–H groups in total. The third-order valence-electron chi connectivity index (χ3n) is 3.99. The minimum absolute atomic E-state index is 0.0858. The number of aromatic amines is 1. The van der Waals surface area contributed by atoms with Crippen molar-refractivity contribution in [3.63, 3.8) is 0 Å². The molecular weight excluding hydrogens is 312 g/mol. The van der Waals surface area contributed by atoms with Gasteiger partial charge in [0, 0.05) is 31.5 Å². The number of amides is 2. The minimum atomic E-state index is -0.377. The van der Waals surface area contributed by atoms with Crippen LogP contribution in [0, 0.1) is 13.8 Å². The lowest BCUT2D eigenvalue weighted by atomic mass is 10.1. The van der Waals surface area contributed by atoms with Gasteiger partial charge in [0.1, 0.15) is 5.76 Å². The molecule has 3 heterocycles. The number of nitrogens with zero attached hydrogens (tertiary/aromatic N) is 3. The first-order valence-electron chi connectivity index (χ1n) is 7.83. The SMILES string of the molecule is Cc1nc(NC(=O)N[C@H]2CCCN(c3ncc[nH]c3=O)C2)oc1C. The fraction of sp³-hybridized carbons (Fsp3) is 0.467. The van der Waals surface area contributed by atoms with E-state index in [0.29, 0.717) is 18.1 Å². The average molecular weight is 332 g/mol. The summed E-state index contributed by atoms with van der Waals surface area (Å²) in [5, 5.41) is 5.47. The van der Waals surface area contributed by atoms with E-state index in [9.17, 15) is 9.59 Å². The highest BCUT2D eigenvalue weighted by Crippen LogP contribution is 2.15. The molecule has 1 fully saturated rings. The number of hydrogen-bond donors (Lipinski definition) is 3. The van der Waals surface area contributed by atoms with Gasteiger partial charge < -0.3 is 19.6 Å². The topological polar surface area (TPSA) is 116 Å². The Labute approximate surface area is 138 Å². The molecule has 3 rings (SSSR count). The second-order valence-electron chi connectivity index (χ2n) is 5.79. The van der Waals surface area contributed by atoms with Crippen LogP contribution in [0.5, 0.6) is 0 Å². The number of piperidine rings is 1. The highest BCUT2D eigenvalue weighted by molar-refractivity contribution is 5.87. The van der Waals surface area contributed by atoms with Gasteiger partial charge in [0.05, 0.1) is 5.69 Å². The first kappa shape index (κ1) is 16.0. The van der Waals surface area contributed by atoms with E-state index in [1.54, 1.807) is 13.1 Å². The van der Waals surface area contributed by atoms with Crippen molar-refractivity contribution in [1.82, 2.24) is 20.3 Å². The van der Waals surface area contributed by atoms with Gasteiger partial charge in [-0.1, -0.05) is 0 Å². The second-order valence-corrected chi connectivity index (χ2v) is 5.79. The quantitative estimate of drug-likeness (QED) is 0.777. The predicted molar refractivity (Wildman–Crippen MR) is 88.2 cm³/mol. The predicted octanol–water partition coefficient (Wildman–Crippen LogP) is 1.17. The van der Waals surface area contributed by atoms with Gasteiger partial charge >= 0.3 is 12.0 Å². The summed E-state index contributed by atoms with van der Waals surface area (Å²) in [5.74, 6) is 1.05. The summed E-state index contributed by atoms with van der Waals surface area (Å²) in [7, 11) is 0. The lowest BCUT2D eigenvalue weighted by molar-refractivity contribution is 0.246. The Bertz CT molecular complexity index is 764. The summed E-state index contributed by atoms with van der Waals surface area (Å²) in [4.78, 5) is 36.7. The normalized spacial score (nSPS) is 17.6. The molecule has 0 saturated carbocycles. The Balaban J connectivity index is 1.60. The lowest BCUT2D eigenvalue weighted by Crippen LogP contribution is -2.50. The molecule has 2 amide bonds. The van der Waals surface area contributed by atoms with Crippen LogP contribution in [0.15, 0.2) is 21.6 Å². The second kappa shape index (κ2) is 6.73. The molecule has 0 aromatic carbocycles. The Morgan fingerprint density at radius 1 is 1.46 bits per heavy atom. The molecule has 0 bridgehead atoms. The molecule has 0 aliphatic carbocycles. The summed E-state index contributed by atoms with van der Waals surface area (Å²) >= 11 is 0. The standard InChI is InChI=1S/C15H20N6O3/c1-9-10(2)24-15(18-9)20-14(23)19-11-4-3-7-21(8-11)12-13(22)17-6-5-16-12/h5-6,11H,3-4,7-8H2,1-2H3,(H,17,22)(H2,18,19,20,23)/t11-/m0/s1. The third kappa shape index (κ3) is 3.55. The molecule has 1 aliphatic heterocycles. The van der Waals surface area contributed by atoms with Gasteiger partial charge in [-0.15, -0.1) is 0 Å². The van der Waals surface area contributed by atoms with Crippen LogP contribution in [-0.2, 0) is 0 Å². The van der Waals surface area contributed by atoms with E-state index < -0.39 is 0 Å². The van der Waals surface area contributed by atoms with Gasteiger partial charge in [0.2, 0.25) is 0 Å². The number of carbonyl (C=O) groups excluding carboxylic acids is 1. The highest BCUT2D eigenvalue weighted by atomic mass is 16.4. The van der Waals surface area contributed by atoms with Gasteiger partial charge in [0.15, 0.2) is 5.82 Å². The van der Waals surface area contributed by atoms with Crippen LogP contribution in [0.2, 0.25) is 0 Å². The van der Waals surface area contributed by atoms with E-state index in [1.165, 1.54) is 6.20 Å². The largest absolute Gasteiger partial charge is 0.428 e. The van der Waals surface area contributed by atoms with E-state index in [0.717, 1.165) is 25.1 Å². The highest BCUT2D eigenvalue weighted by Gasteiger charge is 2.24. The van der Waals surface area contributed by atoms with Crippen LogP contribution in [0.1, 0.15) is 24.3 Å². The van der Waals surface area contributed by atoms with E-state index in [4.69, 9.17) is 4.42 Å². The third-order valence-corrected chi connectivity index (χ3v) is 3.99. The zero-order chi connectivity index (χ0) is 17.1. The number of urea groups is 1. The van der Waals surface area contributed by atoms with Crippen LogP contribution >= 0.6 is 0 Å². The summed E-state index contributed by atoms with van der Waals surface area (Å²) in [6, 6.07) is -0.285. The van der Waals surface area contributed by atoms with Crippen molar-refractivity contribution in [1.29, 1.82) is 0 Å². The zero-order valence-corrected chi connectivity index (χ0v) is 13.6. The van der Waals surface area contributed by atoms with Crippen molar-refractivity contribution in [2.45, 2.75) is 32.7 Å². The molecule has 0 unspecified atom stereocenters. The molecule has 1 atom stereocenters. The number of nitrogens with one attached hydrogen (secondary N) is 3. The fourth-order valence-corrected chi connectivity index (χ4v) is 2.70. The summed E-state index contributed by atoms with van der Waals surface area (Å²) in [6.45, 7) is 4.86. The van der Waals surface area contributed by atoms with E-state index in [1.807, 2.05) is 11.8 Å². The van der Waals surface area contributed by atoms with E-state index >= 15 is 0 Å². The molecule has 2 aromatic rings. The number of carbonyl (C=O) groups is 1. The van der Waals surface area contributed by atoms with Crippen molar-refractivity contribution < 1.29 is 9.21 Å². The molecule has 128 valence electrons. The van der Waals surface area contributed by atoms with Crippen molar-refractivity contribution in [3.8, 4) is 0 Å². The number of H-pyrrole nitrogens is 1. The van der Waals surface area contributed by atoms with Crippen LogP contribution in [0.3, 0.4) is 0 Å². The Kier molecular flexibility index (Phi) is 4.50. The molecule has 0 spiro atoms. The van der Waals surface area contributed by atoms with Crippen LogP contribution in [0.4, 0.5) is 16.6 Å². The Morgan fingerprint density at radius 3 is 3.00 bits per heavy atom.